The van der Waals surface area contributed by atoms with Gasteiger partial charge in [-0.05, 0) is 46.1 Å². The summed E-state index contributed by atoms with van der Waals surface area (Å²) in [6, 6.07) is 0.447. The maximum absolute atomic E-state index is 13.6. The monoisotopic (exact) mass is 293 g/mol. The van der Waals surface area contributed by atoms with Gasteiger partial charge in [-0.3, -0.25) is 0 Å². The Bertz CT molecular complexity index is 485. The van der Waals surface area contributed by atoms with Crippen molar-refractivity contribution < 1.29 is 4.39 Å². The molecule has 0 radical (unpaired) electrons. The fourth-order valence-electron chi connectivity index (χ4n) is 2.21. The van der Waals surface area contributed by atoms with E-state index in [4.69, 9.17) is 0 Å². The van der Waals surface area contributed by atoms with Crippen LogP contribution in [0, 0.1) is 0 Å². The van der Waals surface area contributed by atoms with Crippen molar-refractivity contribution in [1.82, 2.24) is 15.0 Å². The van der Waals surface area contributed by atoms with E-state index in [-0.39, 0.29) is 12.1 Å². The molecule has 0 spiro atoms. The molecule has 2 N–H and O–H groups in total. The van der Waals surface area contributed by atoms with E-state index < -0.39 is 6.17 Å². The molecule has 0 bridgehead atoms. The van der Waals surface area contributed by atoms with Crippen molar-refractivity contribution in [3.8, 4) is 0 Å². The first kappa shape index (κ1) is 15.7. The topological polar surface area (TPSA) is 62.7 Å². The number of allylic oxidation sites excluding steroid dienone is 2. The number of nitrogens with zero attached hydrogens (tertiary/aromatic N) is 3. The minimum Gasteiger partial charge on any atom is -0.352 e. The molecule has 116 valence electrons. The molecule has 5 nitrogen and oxygen atoms in total. The Morgan fingerprint density at radius 2 is 1.62 bits per heavy atom. The van der Waals surface area contributed by atoms with Crippen LogP contribution >= 0.6 is 0 Å². The minimum absolute atomic E-state index is 0.224. The standard InChI is InChI=1S/C15H24FN5/c1-9(2)17-14-19-13(11-6-5-7-12(16)8-11)20-15(21-14)18-10(3)4/h6,9-10,12H,5,7-8H2,1-4H3,(H2,17,18,19,20,21). The van der Waals surface area contributed by atoms with E-state index in [9.17, 15) is 4.39 Å². The molecule has 0 aromatic carbocycles. The van der Waals surface area contributed by atoms with E-state index in [2.05, 4.69) is 25.6 Å². The summed E-state index contributed by atoms with van der Waals surface area (Å²) >= 11 is 0. The summed E-state index contributed by atoms with van der Waals surface area (Å²) in [5, 5.41) is 6.37. The Morgan fingerprint density at radius 1 is 1.05 bits per heavy atom. The Morgan fingerprint density at radius 3 is 2.10 bits per heavy atom. The number of hydrogen-bond donors (Lipinski definition) is 2. The third-order valence-electron chi connectivity index (χ3n) is 3.07. The molecule has 0 fully saturated rings. The molecule has 0 saturated carbocycles. The van der Waals surface area contributed by atoms with Gasteiger partial charge in [-0.25, -0.2) is 4.39 Å². The zero-order chi connectivity index (χ0) is 15.4. The lowest BCUT2D eigenvalue weighted by Gasteiger charge is -2.18. The maximum Gasteiger partial charge on any atom is 0.228 e. The number of rotatable bonds is 5. The lowest BCUT2D eigenvalue weighted by atomic mass is 9.97. The molecule has 0 aliphatic heterocycles. The van der Waals surface area contributed by atoms with Gasteiger partial charge < -0.3 is 10.6 Å². The van der Waals surface area contributed by atoms with E-state index >= 15 is 0 Å². The quantitative estimate of drug-likeness (QED) is 0.871. The van der Waals surface area contributed by atoms with Crippen molar-refractivity contribution in [2.24, 2.45) is 0 Å². The average molecular weight is 293 g/mol. The van der Waals surface area contributed by atoms with E-state index in [1.165, 1.54) is 0 Å². The highest BCUT2D eigenvalue weighted by atomic mass is 19.1. The lowest BCUT2D eigenvalue weighted by molar-refractivity contribution is 0.315. The van der Waals surface area contributed by atoms with Gasteiger partial charge in [0, 0.05) is 18.5 Å². The number of anilines is 2. The van der Waals surface area contributed by atoms with Crippen molar-refractivity contribution >= 4 is 17.5 Å². The fourth-order valence-corrected chi connectivity index (χ4v) is 2.21. The molecule has 1 aliphatic rings. The second-order valence-electron chi connectivity index (χ2n) is 6.01. The van der Waals surface area contributed by atoms with Crippen LogP contribution in [0.2, 0.25) is 0 Å². The third kappa shape index (κ3) is 4.65. The van der Waals surface area contributed by atoms with Gasteiger partial charge in [0.15, 0.2) is 5.82 Å². The van der Waals surface area contributed by atoms with Gasteiger partial charge in [0.05, 0.1) is 0 Å². The van der Waals surface area contributed by atoms with E-state index in [0.29, 0.717) is 30.6 Å². The average Bonchev–Trinajstić information content (AvgIpc) is 2.36. The van der Waals surface area contributed by atoms with Crippen LogP contribution < -0.4 is 10.6 Å². The van der Waals surface area contributed by atoms with Crippen LogP contribution in [0.25, 0.3) is 5.57 Å². The molecule has 1 aromatic rings. The van der Waals surface area contributed by atoms with Crippen LogP contribution in [0.1, 0.15) is 52.8 Å². The van der Waals surface area contributed by atoms with Gasteiger partial charge in [-0.15, -0.1) is 0 Å². The zero-order valence-corrected chi connectivity index (χ0v) is 13.2. The minimum atomic E-state index is -0.801. The summed E-state index contributed by atoms with van der Waals surface area (Å²) in [6.07, 6.45) is 2.94. The summed E-state index contributed by atoms with van der Waals surface area (Å²) in [5.41, 5.74) is 0.870. The van der Waals surface area contributed by atoms with Gasteiger partial charge in [-0.1, -0.05) is 6.08 Å². The van der Waals surface area contributed by atoms with Crippen LogP contribution in [0.5, 0.6) is 0 Å². The summed E-state index contributed by atoms with van der Waals surface area (Å²) in [6.45, 7) is 8.10. The molecular weight excluding hydrogens is 269 g/mol. The second kappa shape index (κ2) is 6.83. The van der Waals surface area contributed by atoms with E-state index in [0.717, 1.165) is 12.0 Å². The molecule has 0 saturated heterocycles. The van der Waals surface area contributed by atoms with Crippen molar-refractivity contribution in [2.45, 2.75) is 65.2 Å². The van der Waals surface area contributed by atoms with Crippen molar-refractivity contribution in [3.05, 3.63) is 11.9 Å². The molecule has 1 aliphatic carbocycles. The molecule has 0 amide bonds. The van der Waals surface area contributed by atoms with Gasteiger partial charge in [0.25, 0.3) is 0 Å². The molecule has 1 atom stereocenters. The summed E-state index contributed by atoms with van der Waals surface area (Å²) in [5.74, 6) is 1.62. The van der Waals surface area contributed by atoms with Gasteiger partial charge >= 0.3 is 0 Å². The van der Waals surface area contributed by atoms with Crippen LogP contribution in [0.3, 0.4) is 0 Å². The number of nitrogens with one attached hydrogen (secondary N) is 2. The SMILES string of the molecule is CC(C)Nc1nc(NC(C)C)nc(C2=CCCC(F)C2)n1. The fraction of sp³-hybridized carbons (Fsp3) is 0.667. The second-order valence-corrected chi connectivity index (χ2v) is 6.01. The zero-order valence-electron chi connectivity index (χ0n) is 13.2. The number of halogens is 1. The first-order valence-corrected chi connectivity index (χ1v) is 7.56. The Kier molecular flexibility index (Phi) is 5.09. The van der Waals surface area contributed by atoms with Crippen molar-refractivity contribution in [1.29, 1.82) is 0 Å². The van der Waals surface area contributed by atoms with Crippen molar-refractivity contribution in [2.75, 3.05) is 10.6 Å². The maximum atomic E-state index is 13.6. The highest BCUT2D eigenvalue weighted by Crippen LogP contribution is 2.27. The first-order chi connectivity index (χ1) is 9.94. The summed E-state index contributed by atoms with van der Waals surface area (Å²) in [4.78, 5) is 13.2. The Labute approximate surface area is 125 Å². The smallest absolute Gasteiger partial charge is 0.228 e. The van der Waals surface area contributed by atoms with Crippen LogP contribution in [-0.4, -0.2) is 33.2 Å². The Balaban J connectivity index is 2.32. The highest BCUT2D eigenvalue weighted by molar-refractivity contribution is 5.62. The van der Waals surface area contributed by atoms with Crippen molar-refractivity contribution in [3.63, 3.8) is 0 Å². The molecule has 1 aromatic heterocycles. The van der Waals surface area contributed by atoms with E-state index in [1.807, 2.05) is 33.8 Å². The van der Waals surface area contributed by atoms with Gasteiger partial charge in [0.1, 0.15) is 6.17 Å². The lowest BCUT2D eigenvalue weighted by Crippen LogP contribution is -2.19. The molecule has 2 rings (SSSR count). The van der Waals surface area contributed by atoms with Crippen LogP contribution in [0.15, 0.2) is 6.08 Å². The summed E-state index contributed by atoms with van der Waals surface area (Å²) in [7, 11) is 0. The molecule has 1 heterocycles. The number of aromatic nitrogens is 3. The molecule has 1 unspecified atom stereocenters. The van der Waals surface area contributed by atoms with Gasteiger partial charge in [0.2, 0.25) is 11.9 Å². The normalized spacial score (nSPS) is 18.8. The highest BCUT2D eigenvalue weighted by Gasteiger charge is 2.19. The van der Waals surface area contributed by atoms with Gasteiger partial charge in [-0.2, -0.15) is 15.0 Å². The number of hydrogen-bond acceptors (Lipinski definition) is 5. The number of alkyl halides is 1. The molecular formula is C15H24FN5. The Hall–Kier alpha value is -1.72. The largest absolute Gasteiger partial charge is 0.352 e. The van der Waals surface area contributed by atoms with Crippen LogP contribution in [-0.2, 0) is 0 Å². The predicted molar refractivity (Wildman–Crippen MR) is 84.1 cm³/mol. The van der Waals surface area contributed by atoms with E-state index in [1.54, 1.807) is 0 Å². The van der Waals surface area contributed by atoms with Crippen LogP contribution in [0.4, 0.5) is 16.3 Å². The third-order valence-corrected chi connectivity index (χ3v) is 3.07. The molecule has 6 heteroatoms. The first-order valence-electron chi connectivity index (χ1n) is 7.56. The molecule has 21 heavy (non-hydrogen) atoms. The predicted octanol–water partition coefficient (Wildman–Crippen LogP) is 3.42. The summed E-state index contributed by atoms with van der Waals surface area (Å²) < 4.78 is 13.6.